The molecule has 0 spiro atoms. The van der Waals surface area contributed by atoms with Crippen molar-refractivity contribution in [3.63, 3.8) is 0 Å². The van der Waals surface area contributed by atoms with Crippen LogP contribution >= 0.6 is 0 Å². The average Bonchev–Trinajstić information content (AvgIpc) is 2.99. The fourth-order valence-corrected chi connectivity index (χ4v) is 2.22. The first-order valence-corrected chi connectivity index (χ1v) is 6.75. The van der Waals surface area contributed by atoms with Crippen LogP contribution in [-0.4, -0.2) is 14.9 Å². The largest absolute Gasteiger partial charge is 0.710 e. The molecule has 0 saturated carbocycles. The number of nitrogens with zero attached hydrogens (tertiary/aromatic N) is 3. The van der Waals surface area contributed by atoms with Gasteiger partial charge in [0.1, 0.15) is 4.92 Å². The Labute approximate surface area is 120 Å². The summed E-state index contributed by atoms with van der Waals surface area (Å²) in [4.78, 5) is 9.92. The summed E-state index contributed by atoms with van der Waals surface area (Å²) in [5.74, 6) is -0.660. The Morgan fingerprint density at radius 2 is 2.14 bits per heavy atom. The molecule has 0 radical (unpaired) electrons. The number of hydrogen-bond acceptors (Lipinski definition) is 5. The van der Waals surface area contributed by atoms with Crippen LogP contribution in [0.15, 0.2) is 16.5 Å². The van der Waals surface area contributed by atoms with Gasteiger partial charge in [-0.15, -0.1) is 0 Å². The van der Waals surface area contributed by atoms with Gasteiger partial charge >= 0.3 is 11.7 Å². The number of unbranched alkanes of at least 4 members (excludes halogenated alkanes) is 2. The van der Waals surface area contributed by atoms with E-state index in [2.05, 4.69) is 6.92 Å². The number of rotatable bonds is 6. The van der Waals surface area contributed by atoms with E-state index in [1.807, 2.05) is 0 Å². The molecule has 0 aliphatic heterocycles. The van der Waals surface area contributed by atoms with E-state index < -0.39 is 10.8 Å². The molecule has 0 fully saturated rings. The predicted molar refractivity (Wildman–Crippen MR) is 72.9 cm³/mol. The summed E-state index contributed by atoms with van der Waals surface area (Å²) >= 11 is 0. The standard InChI is InChI=1S/C13H17N3O5/c1-3-4-5-6-10-9(2)14(17)13(15(10)18)11-7-8-12(21-11)16(19)20/h7-8,18H,3-6H2,1-2H3. The van der Waals surface area contributed by atoms with Gasteiger partial charge in [0.05, 0.1) is 6.07 Å². The summed E-state index contributed by atoms with van der Waals surface area (Å²) in [5, 5.41) is 32.9. The van der Waals surface area contributed by atoms with Crippen molar-refractivity contribution in [1.29, 1.82) is 0 Å². The van der Waals surface area contributed by atoms with Gasteiger partial charge in [0.25, 0.3) is 0 Å². The number of imidazole rings is 1. The highest BCUT2D eigenvalue weighted by Gasteiger charge is 2.30. The Balaban J connectivity index is 2.39. The first-order valence-electron chi connectivity index (χ1n) is 6.75. The molecule has 2 aromatic rings. The SMILES string of the molecule is CCCCCc1c(C)[n+]([O-])c(-c2ccc([N+](=O)[O-])o2)n1O. The van der Waals surface area contributed by atoms with Crippen LogP contribution in [0.5, 0.6) is 0 Å². The minimum atomic E-state index is -0.696. The maximum absolute atomic E-state index is 12.1. The Bertz CT molecular complexity index is 659. The van der Waals surface area contributed by atoms with Crippen LogP contribution in [-0.2, 0) is 6.42 Å². The molecule has 0 bridgehead atoms. The lowest BCUT2D eigenvalue weighted by Gasteiger charge is -2.00. The molecule has 0 aliphatic carbocycles. The Morgan fingerprint density at radius 1 is 1.43 bits per heavy atom. The molecule has 8 nitrogen and oxygen atoms in total. The van der Waals surface area contributed by atoms with Gasteiger partial charge in [-0.25, -0.2) is 4.73 Å². The van der Waals surface area contributed by atoms with Crippen LogP contribution in [0.2, 0.25) is 0 Å². The van der Waals surface area contributed by atoms with Crippen molar-refractivity contribution in [3.8, 4) is 11.6 Å². The topological polar surface area (TPSA) is 108 Å². The lowest BCUT2D eigenvalue weighted by atomic mass is 10.1. The number of nitro groups is 1. The van der Waals surface area contributed by atoms with E-state index in [-0.39, 0.29) is 11.6 Å². The van der Waals surface area contributed by atoms with Crippen molar-refractivity contribution < 1.29 is 19.3 Å². The third-order valence-corrected chi connectivity index (χ3v) is 3.38. The van der Waals surface area contributed by atoms with E-state index >= 15 is 0 Å². The summed E-state index contributed by atoms with van der Waals surface area (Å²) < 4.78 is 6.28. The number of hydrogen-bond donors (Lipinski definition) is 1. The molecule has 0 aromatic carbocycles. The highest BCUT2D eigenvalue weighted by atomic mass is 16.6. The van der Waals surface area contributed by atoms with Crippen LogP contribution in [0.4, 0.5) is 5.88 Å². The molecule has 0 aliphatic rings. The fraction of sp³-hybridized carbons (Fsp3) is 0.462. The normalized spacial score (nSPS) is 11.0. The molecule has 2 heterocycles. The zero-order valence-electron chi connectivity index (χ0n) is 11.9. The van der Waals surface area contributed by atoms with Gasteiger partial charge < -0.3 is 14.8 Å². The molecule has 0 saturated heterocycles. The fourth-order valence-electron chi connectivity index (χ4n) is 2.22. The molecule has 2 aromatic heterocycles. The van der Waals surface area contributed by atoms with Gasteiger partial charge in [-0.05, 0) is 11.2 Å². The predicted octanol–water partition coefficient (Wildman–Crippen LogP) is 2.57. The van der Waals surface area contributed by atoms with Crippen LogP contribution < -0.4 is 4.73 Å². The minimum absolute atomic E-state index is 0.0379. The van der Waals surface area contributed by atoms with Crippen LogP contribution in [0, 0.1) is 22.2 Å². The van der Waals surface area contributed by atoms with Gasteiger partial charge in [-0.3, -0.25) is 10.1 Å². The van der Waals surface area contributed by atoms with Crippen molar-refractivity contribution in [2.24, 2.45) is 0 Å². The van der Waals surface area contributed by atoms with Crippen molar-refractivity contribution in [2.75, 3.05) is 0 Å². The third-order valence-electron chi connectivity index (χ3n) is 3.38. The third kappa shape index (κ3) is 2.69. The van der Waals surface area contributed by atoms with Crippen LogP contribution in [0.3, 0.4) is 0 Å². The summed E-state index contributed by atoms with van der Waals surface area (Å²) in [6.45, 7) is 3.66. The summed E-state index contributed by atoms with van der Waals surface area (Å²) in [6, 6.07) is 2.44. The first kappa shape index (κ1) is 14.9. The molecular formula is C13H17N3O5. The molecule has 2 rings (SSSR count). The van der Waals surface area contributed by atoms with Crippen molar-refractivity contribution in [1.82, 2.24) is 4.73 Å². The molecule has 21 heavy (non-hydrogen) atoms. The molecule has 1 N–H and O–H groups in total. The molecule has 0 unspecified atom stereocenters. The van der Waals surface area contributed by atoms with E-state index in [4.69, 9.17) is 4.42 Å². The number of furan rings is 1. The molecule has 0 atom stereocenters. The van der Waals surface area contributed by atoms with E-state index in [9.17, 15) is 20.5 Å². The molecule has 0 amide bonds. The second-order valence-corrected chi connectivity index (χ2v) is 4.81. The summed E-state index contributed by atoms with van der Waals surface area (Å²) in [5.41, 5.74) is 0.857. The van der Waals surface area contributed by atoms with Gasteiger partial charge in [0, 0.05) is 19.4 Å². The van der Waals surface area contributed by atoms with Crippen molar-refractivity contribution in [2.45, 2.75) is 39.5 Å². The Kier molecular flexibility index (Phi) is 4.15. The average molecular weight is 295 g/mol. The Hall–Kier alpha value is -2.51. The van der Waals surface area contributed by atoms with E-state index in [0.29, 0.717) is 22.5 Å². The highest BCUT2D eigenvalue weighted by molar-refractivity contribution is 5.47. The Morgan fingerprint density at radius 3 is 2.71 bits per heavy atom. The maximum atomic E-state index is 12.1. The van der Waals surface area contributed by atoms with Gasteiger partial charge in [-0.1, -0.05) is 19.8 Å². The molecule has 114 valence electrons. The highest BCUT2D eigenvalue weighted by Crippen LogP contribution is 2.26. The van der Waals surface area contributed by atoms with E-state index in [0.717, 1.165) is 30.1 Å². The minimum Gasteiger partial charge on any atom is -0.710 e. The summed E-state index contributed by atoms with van der Waals surface area (Å²) in [7, 11) is 0. The lowest BCUT2D eigenvalue weighted by Crippen LogP contribution is -2.30. The second-order valence-electron chi connectivity index (χ2n) is 4.81. The number of aromatic nitrogens is 2. The van der Waals surface area contributed by atoms with Crippen molar-refractivity contribution in [3.05, 3.63) is 38.8 Å². The van der Waals surface area contributed by atoms with Crippen LogP contribution in [0.1, 0.15) is 37.6 Å². The van der Waals surface area contributed by atoms with Gasteiger partial charge in [0.2, 0.25) is 5.76 Å². The monoisotopic (exact) mass is 295 g/mol. The van der Waals surface area contributed by atoms with E-state index in [1.165, 1.54) is 6.07 Å². The van der Waals surface area contributed by atoms with E-state index in [1.54, 1.807) is 6.92 Å². The zero-order valence-corrected chi connectivity index (χ0v) is 11.9. The first-order chi connectivity index (χ1) is 9.97. The second kappa shape index (κ2) is 5.86. The quantitative estimate of drug-likeness (QED) is 0.220. The maximum Gasteiger partial charge on any atom is 0.433 e. The van der Waals surface area contributed by atoms with Gasteiger partial charge in [-0.2, -0.15) is 0 Å². The van der Waals surface area contributed by atoms with Crippen LogP contribution in [0.25, 0.3) is 11.6 Å². The lowest BCUT2D eigenvalue weighted by molar-refractivity contribution is -0.601. The molecular weight excluding hydrogens is 278 g/mol. The van der Waals surface area contributed by atoms with Crippen molar-refractivity contribution >= 4 is 5.88 Å². The molecule has 8 heteroatoms. The summed E-state index contributed by atoms with van der Waals surface area (Å²) in [6.07, 6.45) is 3.42. The zero-order chi connectivity index (χ0) is 15.6. The van der Waals surface area contributed by atoms with Gasteiger partial charge in [0.15, 0.2) is 11.4 Å². The smallest absolute Gasteiger partial charge is 0.433 e.